The Balaban J connectivity index is 1.02. The number of thiophene rings is 1. The fourth-order valence-corrected chi connectivity index (χ4v) is 9.57. The van der Waals surface area contributed by atoms with Crippen molar-refractivity contribution in [3.05, 3.63) is 162 Å². The topological polar surface area (TPSA) is 30.7 Å². The van der Waals surface area contributed by atoms with Gasteiger partial charge in [-0.05, 0) is 84.3 Å². The molecular formula is C50H35N3S. The van der Waals surface area contributed by atoms with E-state index in [1.165, 1.54) is 69.9 Å². The zero-order chi connectivity index (χ0) is 35.6. The summed E-state index contributed by atoms with van der Waals surface area (Å²) < 4.78 is 5.13. The fraction of sp³-hybridized carbons (Fsp3) is 0.0800. The lowest BCUT2D eigenvalue weighted by Gasteiger charge is -2.12. The molecule has 0 saturated heterocycles. The monoisotopic (exact) mass is 709 g/mol. The summed E-state index contributed by atoms with van der Waals surface area (Å²) in [5, 5.41) is 7.46. The van der Waals surface area contributed by atoms with Crippen LogP contribution in [-0.4, -0.2) is 14.5 Å². The van der Waals surface area contributed by atoms with E-state index < -0.39 is 0 Å². The van der Waals surface area contributed by atoms with E-state index in [0.717, 1.165) is 58.9 Å². The Labute approximate surface area is 317 Å². The first-order chi connectivity index (χ1) is 26.8. The Kier molecular flexibility index (Phi) is 7.31. The van der Waals surface area contributed by atoms with E-state index in [9.17, 15) is 0 Å². The maximum Gasteiger partial charge on any atom is 0.160 e. The zero-order valence-corrected chi connectivity index (χ0v) is 30.5. The molecule has 0 fully saturated rings. The molecule has 2 aliphatic rings. The van der Waals surface area contributed by atoms with Gasteiger partial charge in [-0.3, -0.25) is 0 Å². The van der Waals surface area contributed by atoms with Crippen molar-refractivity contribution in [3.8, 4) is 44.9 Å². The number of rotatable bonds is 5. The maximum absolute atomic E-state index is 5.23. The minimum Gasteiger partial charge on any atom is -0.310 e. The Hall–Kier alpha value is -6.36. The largest absolute Gasteiger partial charge is 0.310 e. The highest BCUT2D eigenvalue weighted by Crippen LogP contribution is 2.44. The van der Waals surface area contributed by atoms with Crippen LogP contribution in [0.15, 0.2) is 152 Å². The van der Waals surface area contributed by atoms with Crippen molar-refractivity contribution in [2.24, 2.45) is 0 Å². The number of hydrogen-bond acceptors (Lipinski definition) is 3. The summed E-state index contributed by atoms with van der Waals surface area (Å²) in [6.07, 6.45) is 15.7. The summed E-state index contributed by atoms with van der Waals surface area (Å²) in [6, 6.07) is 48.6. The van der Waals surface area contributed by atoms with E-state index in [4.69, 9.17) is 9.97 Å². The Bertz CT molecular complexity index is 3130. The second kappa shape index (κ2) is 12.6. The van der Waals surface area contributed by atoms with Gasteiger partial charge in [-0.25, -0.2) is 9.97 Å². The van der Waals surface area contributed by atoms with E-state index in [1.54, 1.807) is 0 Å². The normalized spacial score (nSPS) is 14.0. The Morgan fingerprint density at radius 1 is 0.481 bits per heavy atom. The van der Waals surface area contributed by atoms with Crippen LogP contribution < -0.4 is 10.6 Å². The first kappa shape index (κ1) is 31.2. The summed E-state index contributed by atoms with van der Waals surface area (Å²) in [4.78, 5) is 10.3. The van der Waals surface area contributed by atoms with Crippen molar-refractivity contribution in [3.63, 3.8) is 0 Å². The van der Waals surface area contributed by atoms with Crippen LogP contribution in [-0.2, 0) is 0 Å². The van der Waals surface area contributed by atoms with Crippen LogP contribution in [0.5, 0.6) is 0 Å². The molecule has 0 atom stereocenters. The summed E-state index contributed by atoms with van der Waals surface area (Å²) in [5.41, 5.74) is 11.7. The summed E-state index contributed by atoms with van der Waals surface area (Å²) >= 11 is 1.88. The van der Waals surface area contributed by atoms with Crippen LogP contribution in [0.3, 0.4) is 0 Å². The van der Waals surface area contributed by atoms with Gasteiger partial charge in [-0.15, -0.1) is 11.3 Å². The summed E-state index contributed by atoms with van der Waals surface area (Å²) in [6.45, 7) is 0. The molecule has 2 aliphatic carbocycles. The van der Waals surface area contributed by atoms with Gasteiger partial charge in [-0.1, -0.05) is 127 Å². The highest BCUT2D eigenvalue weighted by molar-refractivity contribution is 7.26. The molecule has 4 heteroatoms. The summed E-state index contributed by atoms with van der Waals surface area (Å²) in [5.74, 6) is 0.757. The molecule has 54 heavy (non-hydrogen) atoms. The van der Waals surface area contributed by atoms with Gasteiger partial charge in [0.25, 0.3) is 0 Å². The SMILES string of the molecule is C1=CC(n2c3ccc(-c4ccc(-c5nc(-c6ccc(-c7ccccc7)cc6)c6c(n5)=CCCC=6)cc4)cc3c3c4c(ccc32)sc2ccccc24)=CCC1. The van der Waals surface area contributed by atoms with Crippen LogP contribution in [0.2, 0.25) is 0 Å². The molecule has 0 N–H and O–H groups in total. The lowest BCUT2D eigenvalue weighted by molar-refractivity contribution is 1.02. The van der Waals surface area contributed by atoms with Gasteiger partial charge in [0.05, 0.1) is 22.1 Å². The quantitative estimate of drug-likeness (QED) is 0.178. The standard InChI is InChI=1S/C50H35N3S/c1-3-11-32(12-4-1)33-19-23-35(24-20-33)49-39-15-7-9-17-42(39)51-50(52-49)36-25-21-34(22-26-36)37-27-28-43-41(31-37)47-44(53(43)38-13-5-2-6-14-38)29-30-46-48(47)40-16-8-10-18-45(40)54-46/h1,3-5,8,10-31H,2,6-7,9H2. The number of fused-ring (bicyclic) bond motifs is 8. The molecule has 0 bridgehead atoms. The van der Waals surface area contributed by atoms with Gasteiger partial charge in [0.1, 0.15) is 0 Å². The van der Waals surface area contributed by atoms with Crippen molar-refractivity contribution in [1.82, 2.24) is 14.5 Å². The predicted octanol–water partition coefficient (Wildman–Crippen LogP) is 12.2. The number of aromatic nitrogens is 3. The third-order valence-corrected chi connectivity index (χ3v) is 12.2. The number of hydrogen-bond donors (Lipinski definition) is 0. The van der Waals surface area contributed by atoms with Crippen molar-refractivity contribution < 1.29 is 0 Å². The van der Waals surface area contributed by atoms with Crippen molar-refractivity contribution in [1.29, 1.82) is 0 Å². The first-order valence-corrected chi connectivity index (χ1v) is 19.7. The fourth-order valence-electron chi connectivity index (χ4n) is 8.45. The molecule has 6 aromatic carbocycles. The lowest BCUT2D eigenvalue weighted by atomic mass is 9.99. The Morgan fingerprint density at radius 2 is 1.17 bits per heavy atom. The Morgan fingerprint density at radius 3 is 2.00 bits per heavy atom. The molecule has 11 rings (SSSR count). The molecular weight excluding hydrogens is 675 g/mol. The van der Waals surface area contributed by atoms with E-state index in [-0.39, 0.29) is 0 Å². The second-order valence-corrected chi connectivity index (χ2v) is 15.4. The van der Waals surface area contributed by atoms with E-state index >= 15 is 0 Å². The van der Waals surface area contributed by atoms with Gasteiger partial charge in [0.2, 0.25) is 0 Å². The van der Waals surface area contributed by atoms with Crippen LogP contribution in [0.1, 0.15) is 25.7 Å². The average Bonchev–Trinajstić information content (AvgIpc) is 3.79. The predicted molar refractivity (Wildman–Crippen MR) is 230 cm³/mol. The van der Waals surface area contributed by atoms with Crippen LogP contribution >= 0.6 is 11.3 Å². The molecule has 0 unspecified atom stereocenters. The molecule has 0 aliphatic heterocycles. The van der Waals surface area contributed by atoms with E-state index in [2.05, 4.69) is 168 Å². The van der Waals surface area contributed by atoms with Crippen LogP contribution in [0, 0.1) is 0 Å². The smallest absolute Gasteiger partial charge is 0.160 e. The van der Waals surface area contributed by atoms with Gasteiger partial charge in [-0.2, -0.15) is 0 Å². The number of allylic oxidation sites excluding steroid dienone is 4. The number of nitrogens with zero attached hydrogens (tertiary/aromatic N) is 3. The molecule has 0 radical (unpaired) electrons. The van der Waals surface area contributed by atoms with E-state index in [1.807, 2.05) is 11.3 Å². The maximum atomic E-state index is 5.23. The molecule has 0 amide bonds. The van der Waals surface area contributed by atoms with Gasteiger partial charge < -0.3 is 4.57 Å². The molecule has 0 saturated carbocycles. The molecule has 3 aromatic heterocycles. The van der Waals surface area contributed by atoms with Crippen LogP contribution in [0.25, 0.3) is 105 Å². The highest BCUT2D eigenvalue weighted by Gasteiger charge is 2.19. The first-order valence-electron chi connectivity index (χ1n) is 18.9. The van der Waals surface area contributed by atoms with Crippen molar-refractivity contribution in [2.75, 3.05) is 0 Å². The van der Waals surface area contributed by atoms with Gasteiger partial charge in [0, 0.05) is 53.0 Å². The van der Waals surface area contributed by atoms with Crippen molar-refractivity contribution >= 4 is 71.2 Å². The molecule has 0 spiro atoms. The van der Waals surface area contributed by atoms with Crippen molar-refractivity contribution in [2.45, 2.75) is 25.7 Å². The molecule has 3 nitrogen and oxygen atoms in total. The molecule has 256 valence electrons. The zero-order valence-electron chi connectivity index (χ0n) is 29.7. The molecule has 9 aromatic rings. The van der Waals surface area contributed by atoms with E-state index in [0.29, 0.717) is 0 Å². The number of benzene rings is 6. The van der Waals surface area contributed by atoms with Gasteiger partial charge >= 0.3 is 0 Å². The summed E-state index contributed by atoms with van der Waals surface area (Å²) in [7, 11) is 0. The minimum absolute atomic E-state index is 0.757. The lowest BCUT2D eigenvalue weighted by Crippen LogP contribution is -2.33. The second-order valence-electron chi connectivity index (χ2n) is 14.3. The molecule has 3 heterocycles. The minimum atomic E-state index is 0.757. The van der Waals surface area contributed by atoms with Gasteiger partial charge in [0.15, 0.2) is 5.82 Å². The average molecular weight is 710 g/mol. The highest BCUT2D eigenvalue weighted by atomic mass is 32.1. The van der Waals surface area contributed by atoms with Crippen LogP contribution in [0.4, 0.5) is 0 Å². The third-order valence-electron chi connectivity index (χ3n) is 11.1. The third kappa shape index (κ3) is 5.09.